The molecule has 4 saturated carbocycles. The molecule has 4 fully saturated rings. The summed E-state index contributed by atoms with van der Waals surface area (Å²) in [4.78, 5) is 0. The Morgan fingerprint density at radius 2 is 1.57 bits per heavy atom. The predicted octanol–water partition coefficient (Wildman–Crippen LogP) is 5.38. The van der Waals surface area contributed by atoms with Crippen LogP contribution < -0.4 is 5.30 Å². The van der Waals surface area contributed by atoms with Crippen LogP contribution in [-0.4, -0.2) is 5.16 Å². The maximum atomic E-state index is 2.51. The predicted molar refractivity (Wildman–Crippen MR) is 93.7 cm³/mol. The third kappa shape index (κ3) is 2.29. The molecular weight excluding hydrogens is 271 g/mol. The van der Waals surface area contributed by atoms with Crippen molar-refractivity contribution in [2.24, 2.45) is 22.7 Å². The molecule has 3 atom stereocenters. The second kappa shape index (κ2) is 4.58. The van der Waals surface area contributed by atoms with E-state index in [0.29, 0.717) is 16.0 Å². The molecular formula is C20H29P. The van der Waals surface area contributed by atoms with Gasteiger partial charge in [-0.05, 0) is 71.7 Å². The fourth-order valence-corrected chi connectivity index (χ4v) is 8.29. The SMILES string of the molecule is CC(C)(C)C12CC3CC(CC(Pc4ccccc4)(C3)C1)C2. The number of hydrogen-bond acceptors (Lipinski definition) is 0. The lowest BCUT2D eigenvalue weighted by molar-refractivity contribution is -0.102. The van der Waals surface area contributed by atoms with Crippen LogP contribution in [0.5, 0.6) is 0 Å². The molecule has 114 valence electrons. The van der Waals surface area contributed by atoms with Crippen molar-refractivity contribution < 1.29 is 0 Å². The molecule has 0 N–H and O–H groups in total. The number of benzene rings is 1. The molecule has 0 aliphatic heterocycles. The molecule has 4 bridgehead atoms. The Balaban J connectivity index is 1.67. The molecule has 1 aromatic rings. The summed E-state index contributed by atoms with van der Waals surface area (Å²) in [5.41, 5.74) is 1.12. The second-order valence-corrected chi connectivity index (χ2v) is 11.2. The first-order valence-corrected chi connectivity index (χ1v) is 9.73. The summed E-state index contributed by atoms with van der Waals surface area (Å²) in [6, 6.07) is 11.3. The van der Waals surface area contributed by atoms with Gasteiger partial charge in [0.15, 0.2) is 0 Å². The maximum Gasteiger partial charge on any atom is -0.00708 e. The summed E-state index contributed by atoms with van der Waals surface area (Å²) in [6.07, 6.45) is 9.13. The van der Waals surface area contributed by atoms with E-state index >= 15 is 0 Å². The summed E-state index contributed by atoms with van der Waals surface area (Å²) < 4.78 is 0. The van der Waals surface area contributed by atoms with E-state index in [4.69, 9.17) is 0 Å². The highest BCUT2D eigenvalue weighted by molar-refractivity contribution is 7.49. The van der Waals surface area contributed by atoms with Crippen LogP contribution in [0.3, 0.4) is 0 Å². The Hall–Kier alpha value is -0.350. The monoisotopic (exact) mass is 300 g/mol. The lowest BCUT2D eigenvalue weighted by Gasteiger charge is -2.66. The van der Waals surface area contributed by atoms with Gasteiger partial charge in [-0.25, -0.2) is 0 Å². The first kappa shape index (κ1) is 14.3. The molecule has 21 heavy (non-hydrogen) atoms. The van der Waals surface area contributed by atoms with Gasteiger partial charge in [0.2, 0.25) is 0 Å². The summed E-state index contributed by atoms with van der Waals surface area (Å²) in [6.45, 7) is 7.54. The van der Waals surface area contributed by atoms with Crippen LogP contribution in [0.25, 0.3) is 0 Å². The van der Waals surface area contributed by atoms with Gasteiger partial charge >= 0.3 is 0 Å². The zero-order valence-electron chi connectivity index (χ0n) is 13.8. The van der Waals surface area contributed by atoms with Gasteiger partial charge in [0.05, 0.1) is 0 Å². The highest BCUT2D eigenvalue weighted by Gasteiger charge is 2.60. The van der Waals surface area contributed by atoms with Crippen LogP contribution in [-0.2, 0) is 0 Å². The maximum absolute atomic E-state index is 2.51. The topological polar surface area (TPSA) is 0 Å². The minimum Gasteiger partial charge on any atom is -0.0840 e. The molecule has 1 heteroatoms. The standard InChI is InChI=1S/C20H29P/c1-18(2,3)19-10-15-9-16(11-19)13-20(12-15,14-19)21-17-7-5-4-6-8-17/h4-8,15-16,21H,9-14H2,1-3H3. The first-order chi connectivity index (χ1) is 9.90. The number of rotatable bonds is 2. The Kier molecular flexibility index (Phi) is 3.11. The highest BCUT2D eigenvalue weighted by atomic mass is 31.1. The van der Waals surface area contributed by atoms with Gasteiger partial charge in [-0.3, -0.25) is 0 Å². The molecule has 0 aromatic heterocycles. The van der Waals surface area contributed by atoms with Crippen molar-refractivity contribution in [2.45, 2.75) is 64.5 Å². The van der Waals surface area contributed by atoms with E-state index in [1.165, 1.54) is 32.1 Å². The molecule has 0 spiro atoms. The summed E-state index contributed by atoms with van der Waals surface area (Å²) in [5, 5.41) is 2.25. The summed E-state index contributed by atoms with van der Waals surface area (Å²) in [5.74, 6) is 2.06. The molecule has 4 aliphatic carbocycles. The molecule has 0 amide bonds. The van der Waals surface area contributed by atoms with Gasteiger partial charge in [-0.1, -0.05) is 59.7 Å². The largest absolute Gasteiger partial charge is 0.0840 e. The van der Waals surface area contributed by atoms with E-state index in [-0.39, 0.29) is 0 Å². The third-order valence-electron chi connectivity index (χ3n) is 6.84. The highest BCUT2D eigenvalue weighted by Crippen LogP contribution is 2.70. The van der Waals surface area contributed by atoms with Crippen molar-refractivity contribution in [3.63, 3.8) is 0 Å². The van der Waals surface area contributed by atoms with Gasteiger partial charge in [-0.15, -0.1) is 0 Å². The Labute approximate surface area is 131 Å². The second-order valence-electron chi connectivity index (χ2n) is 9.26. The van der Waals surface area contributed by atoms with Crippen molar-refractivity contribution in [1.29, 1.82) is 0 Å². The molecule has 4 aliphatic rings. The fraction of sp³-hybridized carbons (Fsp3) is 0.700. The summed E-state index contributed by atoms with van der Waals surface area (Å²) >= 11 is 0. The molecule has 0 saturated heterocycles. The average Bonchev–Trinajstić information content (AvgIpc) is 2.36. The van der Waals surface area contributed by atoms with E-state index in [0.717, 1.165) is 20.4 Å². The Morgan fingerprint density at radius 1 is 0.952 bits per heavy atom. The smallest absolute Gasteiger partial charge is 0.00708 e. The van der Waals surface area contributed by atoms with Gasteiger partial charge in [-0.2, -0.15) is 0 Å². The van der Waals surface area contributed by atoms with Gasteiger partial charge < -0.3 is 0 Å². The Morgan fingerprint density at radius 3 is 2.14 bits per heavy atom. The molecule has 0 nitrogen and oxygen atoms in total. The lowest BCUT2D eigenvalue weighted by Crippen LogP contribution is -2.58. The molecule has 0 heterocycles. The normalized spacial score (nSPS) is 42.0. The van der Waals surface area contributed by atoms with E-state index < -0.39 is 0 Å². The van der Waals surface area contributed by atoms with Crippen LogP contribution in [0.15, 0.2) is 30.3 Å². The average molecular weight is 300 g/mol. The van der Waals surface area contributed by atoms with Crippen molar-refractivity contribution in [3.05, 3.63) is 30.3 Å². The first-order valence-electron chi connectivity index (χ1n) is 8.73. The van der Waals surface area contributed by atoms with Crippen molar-refractivity contribution >= 4 is 13.9 Å². The zero-order chi connectivity index (χ0) is 14.7. The van der Waals surface area contributed by atoms with Crippen LogP contribution >= 0.6 is 8.58 Å². The van der Waals surface area contributed by atoms with Gasteiger partial charge in [0.1, 0.15) is 0 Å². The molecule has 3 unspecified atom stereocenters. The van der Waals surface area contributed by atoms with Crippen LogP contribution in [0.1, 0.15) is 59.3 Å². The van der Waals surface area contributed by atoms with E-state index in [1.807, 2.05) is 0 Å². The van der Waals surface area contributed by atoms with Crippen molar-refractivity contribution in [1.82, 2.24) is 0 Å². The molecule has 5 rings (SSSR count). The van der Waals surface area contributed by atoms with Crippen LogP contribution in [0.4, 0.5) is 0 Å². The minimum atomic E-state index is 0.483. The van der Waals surface area contributed by atoms with E-state index in [9.17, 15) is 0 Å². The van der Waals surface area contributed by atoms with E-state index in [1.54, 1.807) is 11.7 Å². The fourth-order valence-electron chi connectivity index (χ4n) is 6.11. The molecule has 0 radical (unpaired) electrons. The van der Waals surface area contributed by atoms with Gasteiger partial charge in [0.25, 0.3) is 0 Å². The zero-order valence-corrected chi connectivity index (χ0v) is 14.8. The summed E-state index contributed by atoms with van der Waals surface area (Å²) in [7, 11) is 1.04. The third-order valence-corrected chi connectivity index (χ3v) is 8.57. The van der Waals surface area contributed by atoms with E-state index in [2.05, 4.69) is 51.1 Å². The quantitative estimate of drug-likeness (QED) is 0.644. The Bertz CT molecular complexity index is 511. The molecule has 1 aromatic carbocycles. The van der Waals surface area contributed by atoms with Crippen LogP contribution in [0, 0.1) is 22.7 Å². The minimum absolute atomic E-state index is 0.483. The van der Waals surface area contributed by atoms with Crippen LogP contribution in [0.2, 0.25) is 0 Å². The lowest BCUT2D eigenvalue weighted by atomic mass is 9.43. The van der Waals surface area contributed by atoms with Gasteiger partial charge in [0, 0.05) is 0 Å². The van der Waals surface area contributed by atoms with Crippen molar-refractivity contribution in [3.8, 4) is 0 Å². The number of hydrogen-bond donors (Lipinski definition) is 0. The van der Waals surface area contributed by atoms with Crippen molar-refractivity contribution in [2.75, 3.05) is 0 Å².